The molecule has 7 nitrogen and oxygen atoms in total. The first-order valence-electron chi connectivity index (χ1n) is 8.19. The molecule has 0 unspecified atom stereocenters. The van der Waals surface area contributed by atoms with Gasteiger partial charge in [-0.15, -0.1) is 10.2 Å². The highest BCUT2D eigenvalue weighted by Gasteiger charge is 2.18. The molecule has 142 valence electrons. The predicted octanol–water partition coefficient (Wildman–Crippen LogP) is 4.31. The van der Waals surface area contributed by atoms with Crippen LogP contribution in [0.5, 0.6) is 0 Å². The van der Waals surface area contributed by atoms with Crippen LogP contribution in [0.3, 0.4) is 0 Å². The Morgan fingerprint density at radius 1 is 1.22 bits per heavy atom. The van der Waals surface area contributed by atoms with E-state index < -0.39 is 11.7 Å². The fourth-order valence-electron chi connectivity index (χ4n) is 2.57. The number of nitrogen functional groups attached to an aromatic ring is 1. The first kappa shape index (κ1) is 19.3. The maximum atomic E-state index is 12.0. The van der Waals surface area contributed by atoms with Crippen molar-refractivity contribution in [1.29, 1.82) is 0 Å². The minimum atomic E-state index is -0.586. The first-order valence-corrected chi connectivity index (χ1v) is 8.95. The number of nitrogens with two attached hydrogens (primary N) is 1. The molecule has 0 bridgehead atoms. The van der Waals surface area contributed by atoms with Crippen molar-refractivity contribution in [2.75, 3.05) is 5.73 Å². The standard InChI is InChI=1S/C18H19Cl2N5O2/c1-18(2,3)27-17(26)22-8-10-6-15-23-24-16(21)25(15)9-13(10)12-5-4-11(19)7-14(12)20/h4-7,9H,8H2,1-3H3,(H2,21,24)(H,22,26). The molecule has 0 saturated carbocycles. The van der Waals surface area contributed by atoms with Gasteiger partial charge in [0.15, 0.2) is 5.65 Å². The zero-order chi connectivity index (χ0) is 19.8. The fraction of sp³-hybridized carbons (Fsp3) is 0.278. The molecular formula is C18H19Cl2N5O2. The Kier molecular flexibility index (Phi) is 5.17. The predicted molar refractivity (Wildman–Crippen MR) is 106 cm³/mol. The summed E-state index contributed by atoms with van der Waals surface area (Å²) in [6, 6.07) is 7.00. The number of alkyl carbamates (subject to hydrolysis) is 1. The van der Waals surface area contributed by atoms with Gasteiger partial charge in [0.05, 0.1) is 0 Å². The summed E-state index contributed by atoms with van der Waals surface area (Å²) in [5.74, 6) is 0.253. The Labute approximate surface area is 166 Å². The van der Waals surface area contributed by atoms with Crippen molar-refractivity contribution in [1.82, 2.24) is 19.9 Å². The molecule has 0 spiro atoms. The summed E-state index contributed by atoms with van der Waals surface area (Å²) in [6.07, 6.45) is 1.27. The van der Waals surface area contributed by atoms with Gasteiger partial charge in [0.25, 0.3) is 0 Å². The number of ether oxygens (including phenoxy) is 1. The van der Waals surface area contributed by atoms with Gasteiger partial charge in [0.2, 0.25) is 5.95 Å². The Hall–Kier alpha value is -2.51. The van der Waals surface area contributed by atoms with E-state index in [-0.39, 0.29) is 12.5 Å². The SMILES string of the molecule is CC(C)(C)OC(=O)NCc1cc2nnc(N)n2cc1-c1ccc(Cl)cc1Cl. The zero-order valence-corrected chi connectivity index (χ0v) is 16.6. The van der Waals surface area contributed by atoms with Crippen LogP contribution in [0.25, 0.3) is 16.8 Å². The lowest BCUT2D eigenvalue weighted by Crippen LogP contribution is -2.32. The number of hydrogen-bond donors (Lipinski definition) is 2. The number of nitrogens with zero attached hydrogens (tertiary/aromatic N) is 3. The number of nitrogens with one attached hydrogen (secondary N) is 1. The molecule has 3 aromatic rings. The number of halogens is 2. The number of hydrogen-bond acceptors (Lipinski definition) is 5. The maximum Gasteiger partial charge on any atom is 0.407 e. The molecule has 0 aliphatic rings. The van der Waals surface area contributed by atoms with Crippen LogP contribution in [0.4, 0.5) is 10.7 Å². The molecule has 0 radical (unpaired) electrons. The normalized spacial score (nSPS) is 11.6. The van der Waals surface area contributed by atoms with E-state index in [0.717, 1.165) is 16.7 Å². The Bertz CT molecular complexity index is 1010. The molecule has 27 heavy (non-hydrogen) atoms. The average Bonchev–Trinajstić information content (AvgIpc) is 2.91. The number of carbonyl (C=O) groups is 1. The van der Waals surface area contributed by atoms with Crippen LogP contribution >= 0.6 is 23.2 Å². The number of anilines is 1. The second kappa shape index (κ2) is 7.25. The van der Waals surface area contributed by atoms with Crippen molar-refractivity contribution in [3.8, 4) is 11.1 Å². The van der Waals surface area contributed by atoms with Crippen molar-refractivity contribution in [3.05, 3.63) is 46.1 Å². The minimum Gasteiger partial charge on any atom is -0.444 e. The monoisotopic (exact) mass is 407 g/mol. The molecule has 0 aliphatic heterocycles. The first-order chi connectivity index (χ1) is 12.6. The van der Waals surface area contributed by atoms with Crippen LogP contribution in [-0.4, -0.2) is 26.3 Å². The van der Waals surface area contributed by atoms with Gasteiger partial charge in [0, 0.05) is 33.9 Å². The van der Waals surface area contributed by atoms with Crippen LogP contribution in [0.2, 0.25) is 10.0 Å². The third-order valence-corrected chi connectivity index (χ3v) is 4.25. The highest BCUT2D eigenvalue weighted by molar-refractivity contribution is 6.36. The molecular weight excluding hydrogens is 389 g/mol. The molecule has 2 aromatic heterocycles. The third kappa shape index (κ3) is 4.43. The molecule has 0 saturated heterocycles. The van der Waals surface area contributed by atoms with Crippen LogP contribution in [-0.2, 0) is 11.3 Å². The van der Waals surface area contributed by atoms with Gasteiger partial charge in [-0.3, -0.25) is 4.40 Å². The van der Waals surface area contributed by atoms with E-state index in [9.17, 15) is 4.79 Å². The van der Waals surface area contributed by atoms with Crippen LogP contribution in [0.1, 0.15) is 26.3 Å². The van der Waals surface area contributed by atoms with E-state index in [4.69, 9.17) is 33.7 Å². The summed E-state index contributed by atoms with van der Waals surface area (Å²) in [4.78, 5) is 12.0. The molecule has 3 N–H and O–H groups in total. The quantitative estimate of drug-likeness (QED) is 0.674. The smallest absolute Gasteiger partial charge is 0.407 e. The molecule has 2 heterocycles. The summed E-state index contributed by atoms with van der Waals surface area (Å²) >= 11 is 12.4. The summed E-state index contributed by atoms with van der Waals surface area (Å²) in [7, 11) is 0. The second-order valence-electron chi connectivity index (χ2n) is 6.98. The molecule has 1 amide bonds. The highest BCUT2D eigenvalue weighted by Crippen LogP contribution is 2.33. The van der Waals surface area contributed by atoms with Crippen molar-refractivity contribution < 1.29 is 9.53 Å². The van der Waals surface area contributed by atoms with E-state index in [1.165, 1.54) is 0 Å². The fourth-order valence-corrected chi connectivity index (χ4v) is 3.08. The number of amides is 1. The van der Waals surface area contributed by atoms with Crippen LogP contribution < -0.4 is 11.1 Å². The number of benzene rings is 1. The van der Waals surface area contributed by atoms with Gasteiger partial charge in [-0.2, -0.15) is 0 Å². The van der Waals surface area contributed by atoms with Crippen molar-refractivity contribution in [3.63, 3.8) is 0 Å². The van der Waals surface area contributed by atoms with Crippen LogP contribution in [0.15, 0.2) is 30.5 Å². The molecule has 0 aliphatic carbocycles. The minimum absolute atomic E-state index is 0.215. The van der Waals surface area contributed by atoms with Gasteiger partial charge in [-0.05, 0) is 44.5 Å². The highest BCUT2D eigenvalue weighted by atomic mass is 35.5. The Balaban J connectivity index is 2.01. The largest absolute Gasteiger partial charge is 0.444 e. The topological polar surface area (TPSA) is 94.5 Å². The maximum absolute atomic E-state index is 12.0. The molecule has 0 atom stereocenters. The Morgan fingerprint density at radius 3 is 2.63 bits per heavy atom. The molecule has 9 heteroatoms. The number of carbonyl (C=O) groups excluding carboxylic acids is 1. The van der Waals surface area contributed by atoms with E-state index in [0.29, 0.717) is 15.7 Å². The van der Waals surface area contributed by atoms with E-state index >= 15 is 0 Å². The molecule has 0 fully saturated rings. The zero-order valence-electron chi connectivity index (χ0n) is 15.1. The average molecular weight is 408 g/mol. The second-order valence-corrected chi connectivity index (χ2v) is 7.82. The summed E-state index contributed by atoms with van der Waals surface area (Å²) in [6.45, 7) is 5.62. The van der Waals surface area contributed by atoms with Crippen molar-refractivity contribution >= 4 is 40.9 Å². The van der Waals surface area contributed by atoms with Crippen molar-refractivity contribution in [2.45, 2.75) is 32.9 Å². The van der Waals surface area contributed by atoms with Gasteiger partial charge in [-0.1, -0.05) is 29.3 Å². The lowest BCUT2D eigenvalue weighted by molar-refractivity contribution is 0.0523. The molecule has 3 rings (SSSR count). The number of fused-ring (bicyclic) bond motifs is 1. The van der Waals surface area contributed by atoms with E-state index in [1.54, 1.807) is 49.6 Å². The summed E-state index contributed by atoms with van der Waals surface area (Å²) < 4.78 is 6.94. The van der Waals surface area contributed by atoms with Crippen molar-refractivity contribution in [2.24, 2.45) is 0 Å². The lowest BCUT2D eigenvalue weighted by Gasteiger charge is -2.20. The van der Waals surface area contributed by atoms with E-state index in [2.05, 4.69) is 15.5 Å². The Morgan fingerprint density at radius 2 is 1.96 bits per heavy atom. The van der Waals surface area contributed by atoms with E-state index in [1.807, 2.05) is 6.07 Å². The lowest BCUT2D eigenvalue weighted by atomic mass is 10.0. The van der Waals surface area contributed by atoms with Crippen LogP contribution in [0, 0.1) is 0 Å². The van der Waals surface area contributed by atoms with Gasteiger partial charge in [-0.25, -0.2) is 4.79 Å². The van der Waals surface area contributed by atoms with Gasteiger partial charge < -0.3 is 15.8 Å². The summed E-state index contributed by atoms with van der Waals surface area (Å²) in [5, 5.41) is 11.7. The number of rotatable bonds is 3. The third-order valence-electron chi connectivity index (χ3n) is 3.70. The number of pyridine rings is 1. The van der Waals surface area contributed by atoms with Gasteiger partial charge >= 0.3 is 6.09 Å². The molecule has 1 aromatic carbocycles. The summed E-state index contributed by atoms with van der Waals surface area (Å²) in [5.41, 5.74) is 8.14. The number of aromatic nitrogens is 3. The van der Waals surface area contributed by atoms with Gasteiger partial charge in [0.1, 0.15) is 5.60 Å².